The van der Waals surface area contributed by atoms with E-state index < -0.39 is 15.8 Å². The normalized spacial score (nSPS) is 11.9. The quantitative estimate of drug-likeness (QED) is 0.793. The molecule has 98 valence electrons. The van der Waals surface area contributed by atoms with Gasteiger partial charge in [0.2, 0.25) is 0 Å². The molecule has 2 rings (SSSR count). The SMILES string of the molecule is CCOC(=O)c1cc2[nH]c(CS(C)(=O)=O)nc2[nH]1. The van der Waals surface area contributed by atoms with Crippen molar-refractivity contribution in [2.45, 2.75) is 12.7 Å². The molecule has 0 fully saturated rings. The van der Waals surface area contributed by atoms with Crippen LogP contribution in [-0.2, 0) is 20.3 Å². The van der Waals surface area contributed by atoms with E-state index in [9.17, 15) is 13.2 Å². The van der Waals surface area contributed by atoms with Gasteiger partial charge in [-0.15, -0.1) is 0 Å². The number of ether oxygens (including phenoxy) is 1. The summed E-state index contributed by atoms with van der Waals surface area (Å²) in [5.74, 6) is -0.285. The largest absolute Gasteiger partial charge is 0.461 e. The smallest absolute Gasteiger partial charge is 0.354 e. The predicted octanol–water partition coefficient (Wildman–Crippen LogP) is 0.612. The molecule has 0 aliphatic carbocycles. The number of carbonyl (C=O) groups excluding carboxylic acids is 1. The average Bonchev–Trinajstić information content (AvgIpc) is 2.72. The van der Waals surface area contributed by atoms with Gasteiger partial charge in [-0.2, -0.15) is 0 Å². The van der Waals surface area contributed by atoms with Gasteiger partial charge in [0.05, 0.1) is 12.1 Å². The topological polar surface area (TPSA) is 105 Å². The van der Waals surface area contributed by atoms with Crippen molar-refractivity contribution in [1.82, 2.24) is 15.0 Å². The second-order valence-electron chi connectivity index (χ2n) is 3.92. The van der Waals surface area contributed by atoms with Crippen LogP contribution >= 0.6 is 0 Å². The number of fused-ring (bicyclic) bond motifs is 1. The van der Waals surface area contributed by atoms with Gasteiger partial charge in [0.25, 0.3) is 0 Å². The monoisotopic (exact) mass is 271 g/mol. The van der Waals surface area contributed by atoms with Gasteiger partial charge in [-0.1, -0.05) is 0 Å². The molecule has 2 aromatic heterocycles. The maximum Gasteiger partial charge on any atom is 0.354 e. The van der Waals surface area contributed by atoms with Gasteiger partial charge in [0.15, 0.2) is 15.5 Å². The van der Waals surface area contributed by atoms with Crippen LogP contribution in [0.3, 0.4) is 0 Å². The van der Waals surface area contributed by atoms with Crippen LogP contribution in [-0.4, -0.2) is 42.2 Å². The van der Waals surface area contributed by atoms with E-state index in [1.165, 1.54) is 0 Å². The lowest BCUT2D eigenvalue weighted by molar-refractivity contribution is 0.0520. The Balaban J connectivity index is 2.28. The van der Waals surface area contributed by atoms with Crippen molar-refractivity contribution in [1.29, 1.82) is 0 Å². The van der Waals surface area contributed by atoms with E-state index in [-0.39, 0.29) is 11.4 Å². The molecule has 0 amide bonds. The van der Waals surface area contributed by atoms with Crippen molar-refractivity contribution >= 4 is 27.0 Å². The Labute approximate surface area is 103 Å². The standard InChI is InChI=1S/C10H13N3O4S/c1-3-17-10(14)7-4-6-9(12-7)13-8(11-6)5-18(2,15)16/h4,12H,3,5H2,1-2H3,(H,11,13). The predicted molar refractivity (Wildman–Crippen MR) is 64.9 cm³/mol. The van der Waals surface area contributed by atoms with Crippen LogP contribution in [0.1, 0.15) is 23.2 Å². The molecule has 18 heavy (non-hydrogen) atoms. The second kappa shape index (κ2) is 4.45. The fourth-order valence-electron chi connectivity index (χ4n) is 1.58. The highest BCUT2D eigenvalue weighted by Crippen LogP contribution is 2.14. The first kappa shape index (κ1) is 12.6. The highest BCUT2D eigenvalue weighted by atomic mass is 32.2. The van der Waals surface area contributed by atoms with Crippen LogP contribution in [0.15, 0.2) is 6.07 Å². The molecule has 0 spiro atoms. The number of esters is 1. The molecule has 0 bridgehead atoms. The molecule has 2 N–H and O–H groups in total. The average molecular weight is 271 g/mol. The molecule has 7 nitrogen and oxygen atoms in total. The van der Waals surface area contributed by atoms with Crippen molar-refractivity contribution in [3.8, 4) is 0 Å². The number of nitrogens with zero attached hydrogens (tertiary/aromatic N) is 1. The number of hydrogen-bond acceptors (Lipinski definition) is 5. The van der Waals surface area contributed by atoms with E-state index in [1.807, 2.05) is 0 Å². The van der Waals surface area contributed by atoms with Crippen LogP contribution < -0.4 is 0 Å². The summed E-state index contributed by atoms with van der Waals surface area (Å²) >= 11 is 0. The molecule has 8 heteroatoms. The van der Waals surface area contributed by atoms with E-state index in [0.717, 1.165) is 6.26 Å². The van der Waals surface area contributed by atoms with Gasteiger partial charge in [-0.25, -0.2) is 18.2 Å². The van der Waals surface area contributed by atoms with Gasteiger partial charge in [-0.05, 0) is 13.0 Å². The molecular formula is C10H13N3O4S. The van der Waals surface area contributed by atoms with Crippen molar-refractivity contribution in [3.63, 3.8) is 0 Å². The molecule has 0 unspecified atom stereocenters. The Morgan fingerprint density at radius 1 is 1.44 bits per heavy atom. The van der Waals surface area contributed by atoms with E-state index >= 15 is 0 Å². The molecule has 2 aromatic rings. The number of hydrogen-bond donors (Lipinski definition) is 2. The first-order valence-corrected chi connectivity index (χ1v) is 7.37. The lowest BCUT2D eigenvalue weighted by Gasteiger charge is -1.97. The maximum atomic E-state index is 11.4. The summed E-state index contributed by atoms with van der Waals surface area (Å²) < 4.78 is 27.1. The zero-order valence-corrected chi connectivity index (χ0v) is 10.8. The van der Waals surface area contributed by atoms with Crippen LogP contribution in [0.5, 0.6) is 0 Å². The fourth-order valence-corrected chi connectivity index (χ4v) is 2.21. The first-order chi connectivity index (χ1) is 8.39. The molecule has 0 aliphatic heterocycles. The minimum absolute atomic E-state index is 0.162. The number of aromatic amines is 2. The third-order valence-electron chi connectivity index (χ3n) is 2.22. The van der Waals surface area contributed by atoms with Gasteiger partial charge in [0, 0.05) is 6.26 Å². The summed E-state index contributed by atoms with van der Waals surface area (Å²) in [6.07, 6.45) is 1.13. The highest BCUT2D eigenvalue weighted by Gasteiger charge is 2.15. The Hall–Kier alpha value is -1.83. The Kier molecular flexibility index (Phi) is 3.12. The molecule has 0 radical (unpaired) electrons. The third-order valence-corrected chi connectivity index (χ3v) is 3.01. The lowest BCUT2D eigenvalue weighted by atomic mass is 10.4. The molecule has 0 saturated carbocycles. The van der Waals surface area contributed by atoms with E-state index in [2.05, 4.69) is 15.0 Å². The summed E-state index contributed by atoms with van der Waals surface area (Å²) in [6.45, 7) is 2.01. The fraction of sp³-hybridized carbons (Fsp3) is 0.400. The van der Waals surface area contributed by atoms with E-state index in [0.29, 0.717) is 23.6 Å². The van der Waals surface area contributed by atoms with Crippen LogP contribution in [0.2, 0.25) is 0 Å². The zero-order valence-electron chi connectivity index (χ0n) is 9.98. The number of carbonyl (C=O) groups is 1. The second-order valence-corrected chi connectivity index (χ2v) is 6.06. The minimum atomic E-state index is -3.14. The summed E-state index contributed by atoms with van der Waals surface area (Å²) in [5.41, 5.74) is 1.31. The molecule has 0 atom stereocenters. The summed E-state index contributed by atoms with van der Waals surface area (Å²) in [5, 5.41) is 0. The molecular weight excluding hydrogens is 258 g/mol. The summed E-state index contributed by atoms with van der Waals surface area (Å²) in [7, 11) is -3.14. The number of rotatable bonds is 4. The summed E-state index contributed by atoms with van der Waals surface area (Å²) in [4.78, 5) is 21.1. The minimum Gasteiger partial charge on any atom is -0.461 e. The van der Waals surface area contributed by atoms with Gasteiger partial charge < -0.3 is 14.7 Å². The third kappa shape index (κ3) is 2.70. The number of imidazole rings is 1. The van der Waals surface area contributed by atoms with Crippen molar-refractivity contribution < 1.29 is 17.9 Å². The van der Waals surface area contributed by atoms with Crippen LogP contribution in [0.4, 0.5) is 0 Å². The first-order valence-electron chi connectivity index (χ1n) is 5.31. The van der Waals surface area contributed by atoms with Gasteiger partial charge in [-0.3, -0.25) is 0 Å². The number of aromatic nitrogens is 3. The number of sulfone groups is 1. The maximum absolute atomic E-state index is 11.4. The van der Waals surface area contributed by atoms with Gasteiger partial charge >= 0.3 is 5.97 Å². The molecule has 0 saturated heterocycles. The number of nitrogens with one attached hydrogen (secondary N) is 2. The Morgan fingerprint density at radius 3 is 2.72 bits per heavy atom. The van der Waals surface area contributed by atoms with Crippen molar-refractivity contribution in [3.05, 3.63) is 17.6 Å². The zero-order chi connectivity index (χ0) is 13.3. The molecule has 0 aliphatic rings. The van der Waals surface area contributed by atoms with E-state index in [1.54, 1.807) is 13.0 Å². The Morgan fingerprint density at radius 2 is 2.17 bits per heavy atom. The Bertz CT molecular complexity index is 652. The van der Waals surface area contributed by atoms with Crippen LogP contribution in [0, 0.1) is 0 Å². The van der Waals surface area contributed by atoms with Gasteiger partial charge in [0.1, 0.15) is 17.3 Å². The lowest BCUT2D eigenvalue weighted by Crippen LogP contribution is -2.05. The summed E-state index contributed by atoms with van der Waals surface area (Å²) in [6, 6.07) is 1.55. The highest BCUT2D eigenvalue weighted by molar-refractivity contribution is 7.89. The van der Waals surface area contributed by atoms with E-state index in [4.69, 9.17) is 4.74 Å². The van der Waals surface area contributed by atoms with Crippen molar-refractivity contribution in [2.75, 3.05) is 12.9 Å². The molecule has 0 aromatic carbocycles. The molecule has 2 heterocycles. The number of H-pyrrole nitrogens is 2. The van der Waals surface area contributed by atoms with Crippen LogP contribution in [0.25, 0.3) is 11.2 Å². The van der Waals surface area contributed by atoms with Crippen molar-refractivity contribution in [2.24, 2.45) is 0 Å².